The first-order valence-electron chi connectivity index (χ1n) is 18.2. The minimum absolute atomic E-state index is 0.0621. The molecule has 1 N–H and O–H groups in total. The second-order valence-corrected chi connectivity index (χ2v) is 15.4. The van der Waals surface area contributed by atoms with E-state index in [2.05, 4.69) is 50.4 Å². The van der Waals surface area contributed by atoms with Crippen molar-refractivity contribution < 1.29 is 23.9 Å². The van der Waals surface area contributed by atoms with Crippen LogP contribution in [0.2, 0.25) is 10.0 Å². The van der Waals surface area contributed by atoms with Gasteiger partial charge in [-0.3, -0.25) is 14.9 Å². The van der Waals surface area contributed by atoms with Gasteiger partial charge < -0.3 is 14.4 Å². The van der Waals surface area contributed by atoms with E-state index < -0.39 is 17.8 Å². The van der Waals surface area contributed by atoms with Gasteiger partial charge in [-0.1, -0.05) is 89.9 Å². The molecule has 0 bridgehead atoms. The summed E-state index contributed by atoms with van der Waals surface area (Å²) in [6, 6.07) is 32.5. The van der Waals surface area contributed by atoms with Crippen LogP contribution in [0.15, 0.2) is 113 Å². The molecule has 3 aliphatic rings. The van der Waals surface area contributed by atoms with Crippen LogP contribution in [0.3, 0.4) is 0 Å². The number of carbonyl (C=O) groups is 3. The summed E-state index contributed by atoms with van der Waals surface area (Å²) in [6.07, 6.45) is 3.25. The first-order chi connectivity index (χ1) is 26.7. The summed E-state index contributed by atoms with van der Waals surface area (Å²) in [6.45, 7) is 4.18. The maximum atomic E-state index is 14.5. The molecule has 8 rings (SSSR count). The molecule has 0 unspecified atom stereocenters. The van der Waals surface area contributed by atoms with Crippen LogP contribution in [0.1, 0.15) is 65.0 Å². The molecule has 4 amide bonds. The number of hydrogen-bond acceptors (Lipinski definition) is 6. The van der Waals surface area contributed by atoms with Crippen molar-refractivity contribution in [3.63, 3.8) is 0 Å². The Labute approximate surface area is 337 Å². The van der Waals surface area contributed by atoms with Crippen molar-refractivity contribution in [3.05, 3.63) is 157 Å². The van der Waals surface area contributed by atoms with Gasteiger partial charge in [-0.05, 0) is 112 Å². The molecule has 55 heavy (non-hydrogen) atoms. The number of carbonyl (C=O) groups excluding carboxylic acids is 3. The van der Waals surface area contributed by atoms with Crippen molar-refractivity contribution in [1.82, 2.24) is 5.32 Å². The van der Waals surface area contributed by atoms with Crippen LogP contribution in [-0.2, 0) is 16.2 Å². The van der Waals surface area contributed by atoms with Crippen LogP contribution < -0.4 is 24.6 Å². The monoisotopic (exact) mass is 835 g/mol. The summed E-state index contributed by atoms with van der Waals surface area (Å²) < 4.78 is 12.6. The zero-order chi connectivity index (χ0) is 38.2. The first-order valence-corrected chi connectivity index (χ1v) is 19.7. The van der Waals surface area contributed by atoms with Crippen LogP contribution in [0.25, 0.3) is 6.08 Å². The number of rotatable bonds is 9. The molecule has 11 heteroatoms. The molecule has 278 valence electrons. The minimum atomic E-state index is -0.794. The molecule has 3 heterocycles. The Morgan fingerprint density at radius 3 is 2.04 bits per heavy atom. The molecule has 1 fully saturated rings. The highest BCUT2D eigenvalue weighted by atomic mass is 79.9. The summed E-state index contributed by atoms with van der Waals surface area (Å²) in [5.74, 6) is -0.540. The van der Waals surface area contributed by atoms with Gasteiger partial charge in [0.05, 0.1) is 26.8 Å². The van der Waals surface area contributed by atoms with E-state index in [4.69, 9.17) is 32.7 Å². The third-order valence-corrected chi connectivity index (χ3v) is 11.7. The quantitative estimate of drug-likeness (QED) is 0.118. The Bertz CT molecular complexity index is 2280. The predicted molar refractivity (Wildman–Crippen MR) is 220 cm³/mol. The number of halogens is 3. The Morgan fingerprint density at radius 2 is 1.44 bits per heavy atom. The molecule has 2 atom stereocenters. The summed E-state index contributed by atoms with van der Waals surface area (Å²) in [5, 5.41) is 3.29. The highest BCUT2D eigenvalue weighted by Crippen LogP contribution is 2.50. The highest BCUT2D eigenvalue weighted by Gasteiger charge is 2.40. The van der Waals surface area contributed by atoms with Gasteiger partial charge >= 0.3 is 6.03 Å². The Morgan fingerprint density at radius 1 is 0.800 bits per heavy atom. The fraction of sp³-hybridized carbons (Fsp3) is 0.205. The van der Waals surface area contributed by atoms with Crippen molar-refractivity contribution in [2.24, 2.45) is 0 Å². The maximum Gasteiger partial charge on any atom is 0.335 e. The van der Waals surface area contributed by atoms with Gasteiger partial charge in [0.2, 0.25) is 0 Å². The van der Waals surface area contributed by atoms with Gasteiger partial charge in [0, 0.05) is 30.6 Å². The van der Waals surface area contributed by atoms with E-state index in [9.17, 15) is 14.4 Å². The molecule has 8 nitrogen and oxygen atoms in total. The van der Waals surface area contributed by atoms with Gasteiger partial charge in [-0.2, -0.15) is 0 Å². The molecular formula is C44H36BrCl2N3O5. The predicted octanol–water partition coefficient (Wildman–Crippen LogP) is 10.3. The molecule has 5 aromatic carbocycles. The molecule has 0 saturated carbocycles. The number of barbiturate groups is 1. The SMILES string of the molecule is CCOc1cc(/C=C2\C(=O)NC(=O)N(c3cc4c5c(c3)[C@H](c3ccccc3)CCN5CC[C@@H]4c3ccccc3)C2=O)cc(Br)c1OCc1ccc(Cl)c(Cl)c1. The lowest BCUT2D eigenvalue weighted by molar-refractivity contribution is -0.122. The van der Waals surface area contributed by atoms with Crippen molar-refractivity contribution in [2.45, 2.75) is 38.2 Å². The average Bonchev–Trinajstić information content (AvgIpc) is 3.18. The topological polar surface area (TPSA) is 88.2 Å². The third-order valence-electron chi connectivity index (χ3n) is 10.4. The van der Waals surface area contributed by atoms with Crippen molar-refractivity contribution in [1.29, 1.82) is 0 Å². The zero-order valence-corrected chi connectivity index (χ0v) is 33.0. The van der Waals surface area contributed by atoms with E-state index in [1.165, 1.54) is 17.2 Å². The van der Waals surface area contributed by atoms with Crippen molar-refractivity contribution in [3.8, 4) is 11.5 Å². The largest absolute Gasteiger partial charge is 0.490 e. The van der Waals surface area contributed by atoms with Crippen LogP contribution in [0.5, 0.6) is 11.5 Å². The number of amides is 4. The standard InChI is InChI=1S/C44H36BrCl2N3O5/c1-2-54-39-22-27(20-36(45)41(39)55-25-26-13-14-37(46)38(47)21-26)19-35-42(51)48-44(53)50(43(35)52)30-23-33-31(28-9-5-3-6-10-28)15-17-49-18-16-32(34(24-30)40(33)49)29-11-7-4-8-12-29/h3-14,19-24,31-32H,2,15-18,25H2,1H3,(H,48,51,53)/b35-19+/t31-,32+. The Balaban J connectivity index is 1.18. The van der Waals surface area contributed by atoms with E-state index in [0.29, 0.717) is 43.9 Å². The van der Waals surface area contributed by atoms with E-state index >= 15 is 0 Å². The van der Waals surface area contributed by atoms with Crippen molar-refractivity contribution in [2.75, 3.05) is 29.5 Å². The van der Waals surface area contributed by atoms with Gasteiger partial charge in [0.15, 0.2) is 11.5 Å². The number of nitrogens with zero attached hydrogens (tertiary/aromatic N) is 2. The second kappa shape index (κ2) is 15.6. The number of anilines is 2. The lowest BCUT2D eigenvalue weighted by Gasteiger charge is -2.44. The summed E-state index contributed by atoms with van der Waals surface area (Å²) in [5.41, 5.74) is 7.17. The van der Waals surface area contributed by atoms with Gasteiger partial charge in [-0.15, -0.1) is 0 Å². The molecule has 5 aromatic rings. The second-order valence-electron chi connectivity index (χ2n) is 13.7. The van der Waals surface area contributed by atoms with Crippen LogP contribution in [0, 0.1) is 0 Å². The van der Waals surface area contributed by atoms with Gasteiger partial charge in [0.1, 0.15) is 12.2 Å². The van der Waals surface area contributed by atoms with Crippen LogP contribution in [0.4, 0.5) is 16.2 Å². The lowest BCUT2D eigenvalue weighted by Crippen LogP contribution is -2.54. The zero-order valence-electron chi connectivity index (χ0n) is 29.9. The first kappa shape index (κ1) is 36.9. The normalized spacial score (nSPS) is 18.6. The van der Waals surface area contributed by atoms with Crippen LogP contribution in [-0.4, -0.2) is 37.5 Å². The number of urea groups is 1. The lowest BCUT2D eigenvalue weighted by atomic mass is 9.76. The highest BCUT2D eigenvalue weighted by molar-refractivity contribution is 9.10. The van der Waals surface area contributed by atoms with Crippen molar-refractivity contribution >= 4 is 74.4 Å². The molecule has 0 aliphatic carbocycles. The van der Waals surface area contributed by atoms with E-state index in [1.54, 1.807) is 24.3 Å². The number of hydrogen-bond donors (Lipinski definition) is 1. The summed E-state index contributed by atoms with van der Waals surface area (Å²) in [4.78, 5) is 45.1. The Hall–Kier alpha value is -5.09. The van der Waals surface area contributed by atoms with Gasteiger partial charge in [-0.25, -0.2) is 9.69 Å². The van der Waals surface area contributed by atoms with E-state index in [1.807, 2.05) is 61.5 Å². The van der Waals surface area contributed by atoms with Gasteiger partial charge in [0.25, 0.3) is 11.8 Å². The smallest absolute Gasteiger partial charge is 0.335 e. The van der Waals surface area contributed by atoms with Crippen LogP contribution >= 0.6 is 39.1 Å². The summed E-state index contributed by atoms with van der Waals surface area (Å²) >= 11 is 15.9. The number of ether oxygens (including phenoxy) is 2. The average molecular weight is 838 g/mol. The number of nitrogens with one attached hydrogen (secondary N) is 1. The maximum absolute atomic E-state index is 14.5. The molecule has 3 aliphatic heterocycles. The third kappa shape index (κ3) is 7.24. The molecule has 0 spiro atoms. The Kier molecular flexibility index (Phi) is 10.4. The number of imide groups is 2. The molecule has 1 saturated heterocycles. The molecule has 0 aromatic heterocycles. The van der Waals surface area contributed by atoms with E-state index in [0.717, 1.165) is 53.2 Å². The fourth-order valence-corrected chi connectivity index (χ4v) is 8.78. The fourth-order valence-electron chi connectivity index (χ4n) is 7.89. The van der Waals surface area contributed by atoms with E-state index in [-0.39, 0.29) is 24.0 Å². The molecular weight excluding hydrogens is 801 g/mol. The number of benzene rings is 5. The minimum Gasteiger partial charge on any atom is -0.490 e. The summed E-state index contributed by atoms with van der Waals surface area (Å²) in [7, 11) is 0. The molecule has 0 radical (unpaired) electrons.